The highest BCUT2D eigenvalue weighted by Gasteiger charge is 2.32. The van der Waals surface area contributed by atoms with Crippen molar-refractivity contribution >= 4 is 10.0 Å². The lowest BCUT2D eigenvalue weighted by Gasteiger charge is -2.29. The van der Waals surface area contributed by atoms with Gasteiger partial charge in [0.2, 0.25) is 10.0 Å². The predicted molar refractivity (Wildman–Crippen MR) is 74.1 cm³/mol. The van der Waals surface area contributed by atoms with Crippen LogP contribution in [-0.4, -0.2) is 37.4 Å². The number of benzene rings is 1. The molecular weight excluding hydrogens is 280 g/mol. The minimum atomic E-state index is -3.78. The summed E-state index contributed by atoms with van der Waals surface area (Å²) in [6.45, 7) is 0.663. The Balaban J connectivity index is 2.99. The van der Waals surface area contributed by atoms with Crippen molar-refractivity contribution in [1.82, 2.24) is 4.72 Å². The number of aliphatic hydroxyl groups is 2. The molecule has 1 aromatic rings. The number of nitrogens with zero attached hydrogens (tertiary/aromatic N) is 1. The third-order valence-electron chi connectivity index (χ3n) is 3.14. The van der Waals surface area contributed by atoms with E-state index in [4.69, 9.17) is 5.26 Å². The highest BCUT2D eigenvalue weighted by molar-refractivity contribution is 7.88. The standard InChI is InChI=1S/C13H18N2O4S/c1-2-13(9-16,10-17)15-20(18,19)8-12-6-4-3-5-11(12)7-14/h3-6,15-17H,2,8-10H2,1H3. The summed E-state index contributed by atoms with van der Waals surface area (Å²) >= 11 is 0. The molecule has 0 saturated carbocycles. The molecule has 1 aromatic carbocycles. The van der Waals surface area contributed by atoms with Crippen LogP contribution in [0.2, 0.25) is 0 Å². The molecule has 0 aromatic heterocycles. The van der Waals surface area contributed by atoms with E-state index in [0.717, 1.165) is 0 Å². The van der Waals surface area contributed by atoms with Gasteiger partial charge in [-0.3, -0.25) is 0 Å². The second-order valence-corrected chi connectivity index (χ2v) is 6.30. The van der Waals surface area contributed by atoms with Gasteiger partial charge in [0.05, 0.1) is 36.1 Å². The van der Waals surface area contributed by atoms with Crippen LogP contribution in [0, 0.1) is 11.3 Å². The van der Waals surface area contributed by atoms with Crippen molar-refractivity contribution in [2.24, 2.45) is 0 Å². The molecule has 0 fully saturated rings. The molecule has 0 saturated heterocycles. The fourth-order valence-corrected chi connectivity index (χ4v) is 3.40. The molecule has 0 atom stereocenters. The van der Waals surface area contributed by atoms with E-state index in [0.29, 0.717) is 5.56 Å². The van der Waals surface area contributed by atoms with Crippen LogP contribution in [0.5, 0.6) is 0 Å². The van der Waals surface area contributed by atoms with E-state index in [1.165, 1.54) is 6.07 Å². The zero-order valence-corrected chi connectivity index (χ0v) is 12.0. The fraction of sp³-hybridized carbons (Fsp3) is 0.462. The first-order chi connectivity index (χ1) is 9.42. The molecule has 3 N–H and O–H groups in total. The monoisotopic (exact) mass is 298 g/mol. The number of sulfonamides is 1. The lowest BCUT2D eigenvalue weighted by Crippen LogP contribution is -2.53. The zero-order chi connectivity index (χ0) is 15.2. The molecule has 0 amide bonds. The van der Waals surface area contributed by atoms with Crippen LogP contribution in [0.15, 0.2) is 24.3 Å². The minimum absolute atomic E-state index is 0.249. The summed E-state index contributed by atoms with van der Waals surface area (Å²) in [5.74, 6) is -0.377. The van der Waals surface area contributed by atoms with Gasteiger partial charge in [0.1, 0.15) is 0 Å². The first-order valence-corrected chi connectivity index (χ1v) is 7.78. The predicted octanol–water partition coefficient (Wildman–Crippen LogP) is 0.111. The van der Waals surface area contributed by atoms with Gasteiger partial charge in [-0.25, -0.2) is 13.1 Å². The van der Waals surface area contributed by atoms with Crippen molar-refractivity contribution in [3.05, 3.63) is 35.4 Å². The molecule has 0 radical (unpaired) electrons. The third kappa shape index (κ3) is 4.02. The maximum absolute atomic E-state index is 12.1. The summed E-state index contributed by atoms with van der Waals surface area (Å²) in [4.78, 5) is 0. The molecule has 110 valence electrons. The van der Waals surface area contributed by atoms with Gasteiger partial charge in [-0.2, -0.15) is 5.26 Å². The van der Waals surface area contributed by atoms with Gasteiger partial charge >= 0.3 is 0 Å². The van der Waals surface area contributed by atoms with Gasteiger partial charge in [0, 0.05) is 0 Å². The van der Waals surface area contributed by atoms with Crippen molar-refractivity contribution in [2.45, 2.75) is 24.6 Å². The zero-order valence-electron chi connectivity index (χ0n) is 11.2. The van der Waals surface area contributed by atoms with Crippen molar-refractivity contribution in [1.29, 1.82) is 5.26 Å². The first kappa shape index (κ1) is 16.6. The van der Waals surface area contributed by atoms with Gasteiger partial charge in [0.25, 0.3) is 0 Å². The van der Waals surface area contributed by atoms with Gasteiger partial charge in [0.15, 0.2) is 0 Å². The van der Waals surface area contributed by atoms with Gasteiger partial charge in [-0.1, -0.05) is 25.1 Å². The van der Waals surface area contributed by atoms with Crippen molar-refractivity contribution in [3.63, 3.8) is 0 Å². The van der Waals surface area contributed by atoms with Crippen molar-refractivity contribution in [3.8, 4) is 6.07 Å². The maximum Gasteiger partial charge on any atom is 0.216 e. The fourth-order valence-electron chi connectivity index (χ4n) is 1.74. The van der Waals surface area contributed by atoms with E-state index < -0.39 is 28.8 Å². The summed E-state index contributed by atoms with van der Waals surface area (Å²) in [6, 6.07) is 8.33. The molecule has 0 heterocycles. The smallest absolute Gasteiger partial charge is 0.216 e. The SMILES string of the molecule is CCC(CO)(CO)NS(=O)(=O)Cc1ccccc1C#N. The topological polar surface area (TPSA) is 110 Å². The Bertz CT molecular complexity index is 580. The number of aliphatic hydroxyl groups excluding tert-OH is 2. The molecule has 0 unspecified atom stereocenters. The number of hydrogen-bond donors (Lipinski definition) is 3. The molecule has 0 aliphatic heterocycles. The number of nitriles is 1. The van der Waals surface area contributed by atoms with E-state index in [9.17, 15) is 18.6 Å². The van der Waals surface area contributed by atoms with E-state index in [-0.39, 0.29) is 17.7 Å². The maximum atomic E-state index is 12.1. The third-order valence-corrected chi connectivity index (χ3v) is 4.57. The van der Waals surface area contributed by atoms with Crippen LogP contribution in [0.4, 0.5) is 0 Å². The normalized spacial score (nSPS) is 12.1. The molecular formula is C13H18N2O4S. The number of hydrogen-bond acceptors (Lipinski definition) is 5. The van der Waals surface area contributed by atoms with Crippen LogP contribution >= 0.6 is 0 Å². The first-order valence-electron chi connectivity index (χ1n) is 6.13. The molecule has 0 spiro atoms. The number of nitrogens with one attached hydrogen (secondary N) is 1. The summed E-state index contributed by atoms with van der Waals surface area (Å²) in [5, 5.41) is 27.5. The minimum Gasteiger partial charge on any atom is -0.394 e. The molecule has 7 heteroatoms. The van der Waals surface area contributed by atoms with Crippen LogP contribution in [-0.2, 0) is 15.8 Å². The highest BCUT2D eigenvalue weighted by Crippen LogP contribution is 2.15. The molecule has 1 rings (SSSR count). The average molecular weight is 298 g/mol. The molecule has 0 bridgehead atoms. The Morgan fingerprint density at radius 2 is 1.90 bits per heavy atom. The summed E-state index contributed by atoms with van der Waals surface area (Å²) < 4.78 is 26.6. The van der Waals surface area contributed by atoms with E-state index in [2.05, 4.69) is 4.72 Å². The quantitative estimate of drug-likeness (QED) is 0.662. The Morgan fingerprint density at radius 1 is 1.30 bits per heavy atom. The Labute approximate surface area is 118 Å². The van der Waals surface area contributed by atoms with E-state index in [1.54, 1.807) is 25.1 Å². The highest BCUT2D eigenvalue weighted by atomic mass is 32.2. The summed E-state index contributed by atoms with van der Waals surface area (Å²) in [5.41, 5.74) is -0.614. The van der Waals surface area contributed by atoms with Gasteiger partial charge in [-0.05, 0) is 18.1 Å². The number of rotatable bonds is 7. The Hall–Kier alpha value is -1.46. The Kier molecular flexibility index (Phi) is 5.65. The second kappa shape index (κ2) is 6.81. The van der Waals surface area contributed by atoms with Crippen LogP contribution in [0.25, 0.3) is 0 Å². The second-order valence-electron chi connectivity index (χ2n) is 4.58. The van der Waals surface area contributed by atoms with Crippen molar-refractivity contribution in [2.75, 3.05) is 13.2 Å². The molecule has 0 aliphatic carbocycles. The van der Waals surface area contributed by atoms with Crippen LogP contribution in [0.1, 0.15) is 24.5 Å². The largest absolute Gasteiger partial charge is 0.394 e. The van der Waals surface area contributed by atoms with E-state index in [1.807, 2.05) is 6.07 Å². The lowest BCUT2D eigenvalue weighted by atomic mass is 10.0. The van der Waals surface area contributed by atoms with E-state index >= 15 is 0 Å². The summed E-state index contributed by atoms with van der Waals surface area (Å²) in [6.07, 6.45) is 0.249. The van der Waals surface area contributed by atoms with Crippen LogP contribution in [0.3, 0.4) is 0 Å². The Morgan fingerprint density at radius 3 is 2.40 bits per heavy atom. The summed E-state index contributed by atoms with van der Waals surface area (Å²) in [7, 11) is -3.78. The molecule has 6 nitrogen and oxygen atoms in total. The average Bonchev–Trinajstić information content (AvgIpc) is 2.45. The van der Waals surface area contributed by atoms with Gasteiger partial charge < -0.3 is 10.2 Å². The molecule has 0 aliphatic rings. The van der Waals surface area contributed by atoms with Gasteiger partial charge in [-0.15, -0.1) is 0 Å². The van der Waals surface area contributed by atoms with Crippen LogP contribution < -0.4 is 4.72 Å². The molecule has 20 heavy (non-hydrogen) atoms. The van der Waals surface area contributed by atoms with Crippen molar-refractivity contribution < 1.29 is 18.6 Å². The lowest BCUT2D eigenvalue weighted by molar-refractivity contribution is 0.105.